The second kappa shape index (κ2) is 7.29. The molecule has 0 aromatic carbocycles. The van der Waals surface area contributed by atoms with Gasteiger partial charge in [0.15, 0.2) is 0 Å². The third kappa shape index (κ3) is 4.06. The summed E-state index contributed by atoms with van der Waals surface area (Å²) in [5.74, 6) is 0. The van der Waals surface area contributed by atoms with Gasteiger partial charge in [-0.05, 0) is 50.7 Å². The first-order valence-electron chi connectivity index (χ1n) is 7.19. The second-order valence-electron chi connectivity index (χ2n) is 5.36. The molecule has 2 heteroatoms. The first kappa shape index (κ1) is 14.0. The number of hydrogen-bond donors (Lipinski definition) is 1. The predicted octanol–water partition coefficient (Wildman–Crippen LogP) is 2.89. The minimum Gasteiger partial charge on any atom is -0.316 e. The van der Waals surface area contributed by atoms with Gasteiger partial charge < -0.3 is 10.2 Å². The van der Waals surface area contributed by atoms with Gasteiger partial charge in [-0.25, -0.2) is 0 Å². The molecule has 2 nitrogen and oxygen atoms in total. The van der Waals surface area contributed by atoms with Gasteiger partial charge in [0.2, 0.25) is 0 Å². The quantitative estimate of drug-likeness (QED) is 0.718. The second-order valence-corrected chi connectivity index (χ2v) is 5.36. The van der Waals surface area contributed by atoms with E-state index in [1.807, 2.05) is 0 Å². The smallest absolute Gasteiger partial charge is 0.00499 e. The maximum atomic E-state index is 3.59. The molecule has 1 rings (SSSR count). The molecule has 0 aromatic rings. The van der Waals surface area contributed by atoms with E-state index in [1.54, 1.807) is 0 Å². The van der Waals surface area contributed by atoms with Crippen molar-refractivity contribution in [2.24, 2.45) is 5.41 Å². The van der Waals surface area contributed by atoms with E-state index in [2.05, 4.69) is 31.0 Å². The van der Waals surface area contributed by atoms with Crippen molar-refractivity contribution in [2.45, 2.75) is 52.9 Å². The van der Waals surface area contributed by atoms with Gasteiger partial charge in [0, 0.05) is 13.1 Å². The molecule has 96 valence electrons. The third-order valence-electron chi connectivity index (χ3n) is 4.14. The summed E-state index contributed by atoms with van der Waals surface area (Å²) in [4.78, 5) is 2.65. The van der Waals surface area contributed by atoms with Crippen LogP contribution in [0.2, 0.25) is 0 Å². The molecule has 0 amide bonds. The monoisotopic (exact) mass is 226 g/mol. The Labute approximate surface area is 102 Å². The van der Waals surface area contributed by atoms with Crippen molar-refractivity contribution in [1.82, 2.24) is 10.2 Å². The highest BCUT2D eigenvalue weighted by Crippen LogP contribution is 2.31. The van der Waals surface area contributed by atoms with E-state index in [9.17, 15) is 0 Å². The Kier molecular flexibility index (Phi) is 6.37. The molecule has 1 aliphatic rings. The molecule has 16 heavy (non-hydrogen) atoms. The van der Waals surface area contributed by atoms with Gasteiger partial charge in [-0.2, -0.15) is 0 Å². The van der Waals surface area contributed by atoms with Gasteiger partial charge in [0.1, 0.15) is 0 Å². The van der Waals surface area contributed by atoms with Crippen LogP contribution in [0.4, 0.5) is 0 Å². The Balaban J connectivity index is 2.45. The van der Waals surface area contributed by atoms with Gasteiger partial charge >= 0.3 is 0 Å². The van der Waals surface area contributed by atoms with Crippen LogP contribution in [0.25, 0.3) is 0 Å². The minimum absolute atomic E-state index is 0.558. The zero-order valence-electron chi connectivity index (χ0n) is 11.5. The van der Waals surface area contributed by atoms with Crippen molar-refractivity contribution in [3.63, 3.8) is 0 Å². The van der Waals surface area contributed by atoms with Crippen molar-refractivity contribution < 1.29 is 0 Å². The molecule has 0 bridgehead atoms. The summed E-state index contributed by atoms with van der Waals surface area (Å²) in [6, 6.07) is 0. The van der Waals surface area contributed by atoms with Gasteiger partial charge in [-0.3, -0.25) is 0 Å². The highest BCUT2D eigenvalue weighted by atomic mass is 15.1. The van der Waals surface area contributed by atoms with Crippen LogP contribution < -0.4 is 5.32 Å². The van der Waals surface area contributed by atoms with Crippen LogP contribution in [0.1, 0.15) is 52.9 Å². The summed E-state index contributed by atoms with van der Waals surface area (Å²) in [7, 11) is 0. The number of nitrogens with zero attached hydrogens (tertiary/aromatic N) is 1. The molecular formula is C14H30N2. The molecule has 1 heterocycles. The molecular weight excluding hydrogens is 196 g/mol. The minimum atomic E-state index is 0.558. The van der Waals surface area contributed by atoms with Crippen LogP contribution in [0.15, 0.2) is 0 Å². The highest BCUT2D eigenvalue weighted by molar-refractivity contribution is 4.87. The van der Waals surface area contributed by atoms with Crippen LogP contribution in [0.3, 0.4) is 0 Å². The van der Waals surface area contributed by atoms with Crippen LogP contribution in [0, 0.1) is 5.41 Å². The molecule has 1 saturated heterocycles. The predicted molar refractivity (Wildman–Crippen MR) is 71.8 cm³/mol. The average Bonchev–Trinajstić information content (AvgIpc) is 2.35. The van der Waals surface area contributed by atoms with E-state index in [-0.39, 0.29) is 0 Å². The van der Waals surface area contributed by atoms with Crippen molar-refractivity contribution in [3.8, 4) is 0 Å². The van der Waals surface area contributed by atoms with Crippen LogP contribution >= 0.6 is 0 Å². The Morgan fingerprint density at radius 1 is 1.25 bits per heavy atom. The lowest BCUT2D eigenvalue weighted by atomic mass is 9.78. The fourth-order valence-corrected chi connectivity index (χ4v) is 2.78. The zero-order valence-corrected chi connectivity index (χ0v) is 11.5. The summed E-state index contributed by atoms with van der Waals surface area (Å²) in [6.07, 6.45) is 6.76. The zero-order chi connectivity index (χ0) is 11.9. The number of piperidine rings is 1. The van der Waals surface area contributed by atoms with E-state index < -0.39 is 0 Å². The topological polar surface area (TPSA) is 15.3 Å². The van der Waals surface area contributed by atoms with Crippen molar-refractivity contribution in [1.29, 1.82) is 0 Å². The molecule has 1 N–H and O–H groups in total. The maximum Gasteiger partial charge on any atom is 0.00499 e. The van der Waals surface area contributed by atoms with E-state index in [0.29, 0.717) is 5.41 Å². The fourth-order valence-electron chi connectivity index (χ4n) is 2.78. The molecule has 0 aliphatic carbocycles. The van der Waals surface area contributed by atoms with Gasteiger partial charge in [0.25, 0.3) is 0 Å². The van der Waals surface area contributed by atoms with E-state index in [1.165, 1.54) is 64.8 Å². The van der Waals surface area contributed by atoms with Gasteiger partial charge in [0.05, 0.1) is 0 Å². The maximum absolute atomic E-state index is 3.59. The van der Waals surface area contributed by atoms with Gasteiger partial charge in [-0.15, -0.1) is 0 Å². The van der Waals surface area contributed by atoms with E-state index in [0.717, 1.165) is 0 Å². The lowest BCUT2D eigenvalue weighted by Gasteiger charge is -2.40. The summed E-state index contributed by atoms with van der Waals surface area (Å²) in [5.41, 5.74) is 0.558. The number of hydrogen-bond acceptors (Lipinski definition) is 2. The molecule has 1 fully saturated rings. The number of nitrogens with one attached hydrogen (secondary N) is 1. The van der Waals surface area contributed by atoms with E-state index in [4.69, 9.17) is 0 Å². The molecule has 1 aliphatic heterocycles. The SMILES string of the molecule is CCCCN(CC)CC1(CC)CCCNC1. The van der Waals surface area contributed by atoms with Crippen LogP contribution in [-0.2, 0) is 0 Å². The average molecular weight is 226 g/mol. The molecule has 1 atom stereocenters. The molecule has 1 unspecified atom stereocenters. The van der Waals surface area contributed by atoms with Crippen molar-refractivity contribution in [2.75, 3.05) is 32.7 Å². The Morgan fingerprint density at radius 3 is 2.56 bits per heavy atom. The molecule has 0 saturated carbocycles. The third-order valence-corrected chi connectivity index (χ3v) is 4.14. The number of unbranched alkanes of at least 4 members (excludes halogenated alkanes) is 1. The summed E-state index contributed by atoms with van der Waals surface area (Å²) in [5, 5.41) is 3.59. The summed E-state index contributed by atoms with van der Waals surface area (Å²) >= 11 is 0. The first-order valence-corrected chi connectivity index (χ1v) is 7.19. The standard InChI is InChI=1S/C14H30N2/c1-4-7-11-16(6-3)13-14(5-2)9-8-10-15-12-14/h15H,4-13H2,1-3H3. The lowest BCUT2D eigenvalue weighted by Crippen LogP contribution is -2.47. The molecule has 0 radical (unpaired) electrons. The van der Waals surface area contributed by atoms with Crippen molar-refractivity contribution >= 4 is 0 Å². The van der Waals surface area contributed by atoms with Gasteiger partial charge in [-0.1, -0.05) is 27.2 Å². The lowest BCUT2D eigenvalue weighted by molar-refractivity contribution is 0.114. The molecule has 0 aromatic heterocycles. The van der Waals surface area contributed by atoms with Crippen molar-refractivity contribution in [3.05, 3.63) is 0 Å². The fraction of sp³-hybridized carbons (Fsp3) is 1.00. The molecule has 0 spiro atoms. The van der Waals surface area contributed by atoms with Crippen LogP contribution in [0.5, 0.6) is 0 Å². The highest BCUT2D eigenvalue weighted by Gasteiger charge is 2.31. The Morgan fingerprint density at radius 2 is 2.06 bits per heavy atom. The largest absolute Gasteiger partial charge is 0.316 e. The van der Waals surface area contributed by atoms with Crippen LogP contribution in [-0.4, -0.2) is 37.6 Å². The Bertz CT molecular complexity index is 174. The first-order chi connectivity index (χ1) is 7.76. The normalized spacial score (nSPS) is 26.2. The Hall–Kier alpha value is -0.0800. The number of rotatable bonds is 7. The summed E-state index contributed by atoms with van der Waals surface area (Å²) in [6.45, 7) is 13.2. The van der Waals surface area contributed by atoms with E-state index >= 15 is 0 Å². The summed E-state index contributed by atoms with van der Waals surface area (Å²) < 4.78 is 0.